The number of hydrogen-bond acceptors (Lipinski definition) is 5. The van der Waals surface area contributed by atoms with Gasteiger partial charge in [0.15, 0.2) is 5.66 Å². The molecule has 0 saturated carbocycles. The predicted octanol–water partition coefficient (Wildman–Crippen LogP) is 2.77. The molecule has 0 radical (unpaired) electrons. The maximum Gasteiger partial charge on any atom is 0.490 e. The molecule has 11 heteroatoms. The lowest BCUT2D eigenvalue weighted by molar-refractivity contribution is -0.192. The minimum Gasteiger partial charge on any atom is -0.475 e. The summed E-state index contributed by atoms with van der Waals surface area (Å²) in [5.74, 6) is -0.437. The van der Waals surface area contributed by atoms with Crippen molar-refractivity contribution in [1.29, 1.82) is 0 Å². The van der Waals surface area contributed by atoms with Crippen LogP contribution in [0, 0.1) is 18.2 Å². The molecule has 0 aromatic heterocycles. The molecule has 3 rings (SSSR count). The molecule has 2 aliphatic heterocycles. The van der Waals surface area contributed by atoms with E-state index in [1.54, 1.807) is 12.1 Å². The smallest absolute Gasteiger partial charge is 0.475 e. The third-order valence-electron chi connectivity index (χ3n) is 5.02. The van der Waals surface area contributed by atoms with E-state index < -0.39 is 12.1 Å². The first-order chi connectivity index (χ1) is 14.5. The van der Waals surface area contributed by atoms with Crippen LogP contribution in [0.25, 0.3) is 0 Å². The maximum absolute atomic E-state index is 13.1. The molecule has 0 unspecified atom stereocenters. The minimum atomic E-state index is -5.08. The van der Waals surface area contributed by atoms with Crippen LogP contribution in [0.3, 0.4) is 0 Å². The molecule has 7 nitrogen and oxygen atoms in total. The molecule has 1 aromatic rings. The van der Waals surface area contributed by atoms with Gasteiger partial charge in [-0.1, -0.05) is 12.1 Å². The van der Waals surface area contributed by atoms with Crippen molar-refractivity contribution in [3.63, 3.8) is 0 Å². The first kappa shape index (κ1) is 24.3. The van der Waals surface area contributed by atoms with E-state index in [0.717, 1.165) is 25.1 Å². The summed E-state index contributed by atoms with van der Waals surface area (Å²) >= 11 is 0. The van der Waals surface area contributed by atoms with Crippen LogP contribution in [0.2, 0.25) is 0 Å². The zero-order valence-corrected chi connectivity index (χ0v) is 16.5. The summed E-state index contributed by atoms with van der Waals surface area (Å²) < 4.78 is 44.8. The third kappa shape index (κ3) is 7.03. The third-order valence-corrected chi connectivity index (χ3v) is 5.02. The lowest BCUT2D eigenvalue weighted by atomic mass is 9.72. The van der Waals surface area contributed by atoms with Gasteiger partial charge in [0, 0.05) is 50.7 Å². The van der Waals surface area contributed by atoms with Gasteiger partial charge in [-0.2, -0.15) is 23.4 Å². The summed E-state index contributed by atoms with van der Waals surface area (Å²) in [7, 11) is 0. The van der Waals surface area contributed by atoms with Crippen molar-refractivity contribution in [3.05, 3.63) is 35.6 Å². The summed E-state index contributed by atoms with van der Waals surface area (Å²) in [4.78, 5) is 21.2. The van der Waals surface area contributed by atoms with Gasteiger partial charge in [-0.25, -0.2) is 9.18 Å². The van der Waals surface area contributed by atoms with E-state index in [9.17, 15) is 22.4 Å². The number of aliphatic carboxylic acids is 1. The normalized spacial score (nSPS) is 17.4. The Morgan fingerprint density at radius 1 is 1.19 bits per heavy atom. The number of alkyl halides is 3. The van der Waals surface area contributed by atoms with Crippen molar-refractivity contribution < 1.29 is 32.3 Å². The summed E-state index contributed by atoms with van der Waals surface area (Å²) in [5, 5.41) is 21.4. The van der Waals surface area contributed by atoms with Crippen LogP contribution in [0.1, 0.15) is 31.2 Å². The molecule has 0 bridgehead atoms. The van der Waals surface area contributed by atoms with E-state index >= 15 is 0 Å². The zero-order valence-electron chi connectivity index (χ0n) is 16.5. The van der Waals surface area contributed by atoms with E-state index in [1.165, 1.54) is 12.1 Å². The Hall–Kier alpha value is -3.00. The number of nitrogens with zero attached hydrogens (tertiary/aromatic N) is 2. The van der Waals surface area contributed by atoms with Gasteiger partial charge in [0.2, 0.25) is 5.91 Å². The van der Waals surface area contributed by atoms with Crippen LogP contribution in [0.4, 0.5) is 17.6 Å². The van der Waals surface area contributed by atoms with Gasteiger partial charge in [0.1, 0.15) is 5.82 Å². The Balaban J connectivity index is 0.000000423. The van der Waals surface area contributed by atoms with Gasteiger partial charge in [-0.15, -0.1) is 12.3 Å². The predicted molar refractivity (Wildman–Crippen MR) is 103 cm³/mol. The molecule has 0 atom stereocenters. The zero-order chi connectivity index (χ0) is 23.1. The molecular weight excluding hydrogens is 420 g/mol. The second-order valence-corrected chi connectivity index (χ2v) is 7.36. The molecular formula is C20H22F4N4O3. The fourth-order valence-electron chi connectivity index (χ4n) is 3.10. The van der Waals surface area contributed by atoms with E-state index in [-0.39, 0.29) is 22.8 Å². The topological polar surface area (TPSA) is 103 Å². The molecule has 1 amide bonds. The Kier molecular flexibility index (Phi) is 7.73. The minimum absolute atomic E-state index is 0.00595. The summed E-state index contributed by atoms with van der Waals surface area (Å²) in [6, 6.07) is 6.41. The van der Waals surface area contributed by atoms with E-state index in [0.29, 0.717) is 25.8 Å². The number of carboxylic acid groups (broad SMARTS) is 1. The van der Waals surface area contributed by atoms with Crippen LogP contribution in [-0.2, 0) is 15.0 Å². The first-order valence-corrected chi connectivity index (χ1v) is 9.43. The van der Waals surface area contributed by atoms with Gasteiger partial charge in [0.25, 0.3) is 0 Å². The van der Waals surface area contributed by atoms with Crippen LogP contribution in [0.15, 0.2) is 34.5 Å². The van der Waals surface area contributed by atoms with Crippen molar-refractivity contribution in [3.8, 4) is 12.3 Å². The average molecular weight is 442 g/mol. The molecule has 3 N–H and O–H groups in total. The summed E-state index contributed by atoms with van der Waals surface area (Å²) in [5.41, 5.74) is 0.384. The highest BCUT2D eigenvalue weighted by Gasteiger charge is 2.41. The second kappa shape index (κ2) is 9.87. The van der Waals surface area contributed by atoms with Crippen molar-refractivity contribution in [2.24, 2.45) is 10.2 Å². The van der Waals surface area contributed by atoms with E-state index in [1.807, 2.05) is 0 Å². The van der Waals surface area contributed by atoms with Crippen molar-refractivity contribution in [1.82, 2.24) is 10.6 Å². The van der Waals surface area contributed by atoms with E-state index in [4.69, 9.17) is 16.3 Å². The lowest BCUT2D eigenvalue weighted by Gasteiger charge is -2.42. The monoisotopic (exact) mass is 442 g/mol. The standard InChI is InChI=1S/C18H21FN4O.C2HF3O2/c1-2-3-8-18(22-23-18)9-10-21-16(24)11-17(12-20-13-17)14-4-6-15(19)7-5-14;3-2(4,5)1(6)7/h1,4-7,20H,3,8-13H2,(H,21,24);(H,6,7). The van der Waals surface area contributed by atoms with Crippen LogP contribution in [0.5, 0.6) is 0 Å². The molecule has 1 saturated heterocycles. The highest BCUT2D eigenvalue weighted by Crippen LogP contribution is 2.36. The van der Waals surface area contributed by atoms with Gasteiger partial charge in [0.05, 0.1) is 0 Å². The van der Waals surface area contributed by atoms with Crippen molar-refractivity contribution in [2.75, 3.05) is 19.6 Å². The number of amides is 1. The quantitative estimate of drug-likeness (QED) is 0.426. The van der Waals surface area contributed by atoms with Gasteiger partial charge < -0.3 is 15.7 Å². The number of benzene rings is 1. The number of terminal acetylenes is 1. The fourth-order valence-corrected chi connectivity index (χ4v) is 3.10. The molecule has 2 heterocycles. The number of rotatable bonds is 8. The molecule has 0 aliphatic carbocycles. The van der Waals surface area contributed by atoms with Gasteiger partial charge in [-0.3, -0.25) is 4.79 Å². The number of nitrogens with one attached hydrogen (secondary N) is 2. The number of hydrogen-bond donors (Lipinski definition) is 3. The fraction of sp³-hybridized carbons (Fsp3) is 0.500. The highest BCUT2D eigenvalue weighted by atomic mass is 19.4. The molecule has 1 aromatic carbocycles. The second-order valence-electron chi connectivity index (χ2n) is 7.36. The molecule has 1 fully saturated rings. The molecule has 0 spiro atoms. The number of carbonyl (C=O) groups excluding carboxylic acids is 1. The van der Waals surface area contributed by atoms with Crippen LogP contribution < -0.4 is 10.6 Å². The summed E-state index contributed by atoms with van der Waals surface area (Å²) in [6.07, 6.45) is 2.63. The number of halogens is 4. The number of carboxylic acids is 1. The lowest BCUT2D eigenvalue weighted by Crippen LogP contribution is -2.58. The van der Waals surface area contributed by atoms with Gasteiger partial charge >= 0.3 is 12.1 Å². The van der Waals surface area contributed by atoms with Crippen LogP contribution in [-0.4, -0.2) is 48.5 Å². The maximum atomic E-state index is 13.1. The van der Waals surface area contributed by atoms with E-state index in [2.05, 4.69) is 26.8 Å². The number of carbonyl (C=O) groups is 2. The van der Waals surface area contributed by atoms with Gasteiger partial charge in [-0.05, 0) is 17.7 Å². The largest absolute Gasteiger partial charge is 0.490 e. The Morgan fingerprint density at radius 3 is 2.19 bits per heavy atom. The molecule has 31 heavy (non-hydrogen) atoms. The Labute approximate surface area is 176 Å². The van der Waals surface area contributed by atoms with Crippen LogP contribution >= 0.6 is 0 Å². The van der Waals surface area contributed by atoms with Crippen molar-refractivity contribution in [2.45, 2.75) is 42.9 Å². The first-order valence-electron chi connectivity index (χ1n) is 9.43. The highest BCUT2D eigenvalue weighted by molar-refractivity contribution is 5.78. The average Bonchev–Trinajstić information content (AvgIpc) is 3.44. The summed E-state index contributed by atoms with van der Waals surface area (Å²) in [6.45, 7) is 1.98. The van der Waals surface area contributed by atoms with Crippen molar-refractivity contribution >= 4 is 11.9 Å². The Bertz CT molecular complexity index is 853. The molecule has 2 aliphatic rings. The Morgan fingerprint density at radius 2 is 1.77 bits per heavy atom. The molecule has 168 valence electrons. The SMILES string of the molecule is C#CCCC1(CCNC(=O)CC2(c3ccc(F)cc3)CNC2)N=N1.O=C(O)C(F)(F)F.